The summed E-state index contributed by atoms with van der Waals surface area (Å²) in [6, 6.07) is 13.0. The summed E-state index contributed by atoms with van der Waals surface area (Å²) in [5.74, 6) is -1.14. The van der Waals surface area contributed by atoms with Gasteiger partial charge in [0.05, 0.1) is 5.52 Å². The molecule has 0 amide bonds. The minimum atomic E-state index is -0.568. The molecular weight excluding hydrogens is 270 g/mol. The normalized spacial score (nSPS) is 12.3. The first-order chi connectivity index (χ1) is 10.1. The van der Waals surface area contributed by atoms with E-state index in [9.17, 15) is 8.78 Å². The van der Waals surface area contributed by atoms with Crippen LogP contribution in [0, 0.1) is 11.6 Å². The Morgan fingerprint density at radius 3 is 2.52 bits per heavy atom. The zero-order valence-electron chi connectivity index (χ0n) is 11.5. The van der Waals surface area contributed by atoms with E-state index in [0.29, 0.717) is 5.56 Å². The number of halogens is 2. The summed E-state index contributed by atoms with van der Waals surface area (Å²) >= 11 is 0. The van der Waals surface area contributed by atoms with Gasteiger partial charge in [0.1, 0.15) is 11.6 Å². The van der Waals surface area contributed by atoms with E-state index < -0.39 is 11.6 Å². The van der Waals surface area contributed by atoms with Gasteiger partial charge >= 0.3 is 0 Å². The van der Waals surface area contributed by atoms with E-state index >= 15 is 0 Å². The Bertz CT molecular complexity index is 766. The van der Waals surface area contributed by atoms with Crippen molar-refractivity contribution in [1.29, 1.82) is 0 Å². The van der Waals surface area contributed by atoms with E-state index in [-0.39, 0.29) is 6.04 Å². The summed E-state index contributed by atoms with van der Waals surface area (Å²) in [6.45, 7) is 1.86. The molecule has 0 aliphatic rings. The molecule has 3 aromatic rings. The molecule has 0 saturated carbocycles. The van der Waals surface area contributed by atoms with E-state index in [4.69, 9.17) is 0 Å². The summed E-state index contributed by atoms with van der Waals surface area (Å²) in [4.78, 5) is 4.26. The lowest BCUT2D eigenvalue weighted by Gasteiger charge is -2.16. The molecule has 1 heterocycles. The van der Waals surface area contributed by atoms with Gasteiger partial charge in [0, 0.05) is 29.4 Å². The van der Waals surface area contributed by atoms with Crippen molar-refractivity contribution in [2.24, 2.45) is 0 Å². The second-order valence-electron chi connectivity index (χ2n) is 4.98. The van der Waals surface area contributed by atoms with Gasteiger partial charge in [0.25, 0.3) is 0 Å². The van der Waals surface area contributed by atoms with Crippen molar-refractivity contribution in [2.45, 2.75) is 13.0 Å². The Morgan fingerprint density at radius 2 is 1.76 bits per heavy atom. The highest BCUT2D eigenvalue weighted by Gasteiger charge is 2.09. The number of rotatable bonds is 3. The van der Waals surface area contributed by atoms with Crippen molar-refractivity contribution >= 4 is 16.6 Å². The van der Waals surface area contributed by atoms with Crippen molar-refractivity contribution in [3.63, 3.8) is 0 Å². The number of hydrogen-bond acceptors (Lipinski definition) is 2. The molecule has 3 rings (SSSR count). The molecule has 0 aliphatic carbocycles. The number of nitrogens with zero attached hydrogens (tertiary/aromatic N) is 1. The van der Waals surface area contributed by atoms with Gasteiger partial charge in [-0.3, -0.25) is 4.98 Å². The Labute approximate surface area is 121 Å². The van der Waals surface area contributed by atoms with Crippen LogP contribution in [-0.2, 0) is 0 Å². The summed E-state index contributed by atoms with van der Waals surface area (Å²) in [6.07, 6.45) is 1.74. The molecule has 0 radical (unpaired) electrons. The van der Waals surface area contributed by atoms with Gasteiger partial charge < -0.3 is 5.32 Å². The van der Waals surface area contributed by atoms with Crippen LogP contribution in [0.2, 0.25) is 0 Å². The number of hydrogen-bond donors (Lipinski definition) is 1. The lowest BCUT2D eigenvalue weighted by molar-refractivity contribution is 0.577. The van der Waals surface area contributed by atoms with E-state index in [1.54, 1.807) is 6.20 Å². The molecule has 1 aromatic heterocycles. The van der Waals surface area contributed by atoms with Crippen LogP contribution in [0.15, 0.2) is 54.7 Å². The first-order valence-electron chi connectivity index (χ1n) is 6.69. The van der Waals surface area contributed by atoms with Crippen LogP contribution in [0.3, 0.4) is 0 Å². The van der Waals surface area contributed by atoms with E-state index in [2.05, 4.69) is 10.3 Å². The highest BCUT2D eigenvalue weighted by Crippen LogP contribution is 2.23. The summed E-state index contributed by atoms with van der Waals surface area (Å²) in [7, 11) is 0. The predicted octanol–water partition coefficient (Wildman–Crippen LogP) is 4.69. The molecule has 0 fully saturated rings. The quantitative estimate of drug-likeness (QED) is 0.755. The standard InChI is InChI=1S/C17H14F2N2/c1-11(13-7-14(18)10-15(19)8-13)21-16-4-5-17-12(9-16)3-2-6-20-17/h2-11,21H,1H3. The van der Waals surface area contributed by atoms with Crippen molar-refractivity contribution in [3.8, 4) is 0 Å². The van der Waals surface area contributed by atoms with Crippen LogP contribution in [0.1, 0.15) is 18.5 Å². The first-order valence-corrected chi connectivity index (χ1v) is 6.69. The second-order valence-corrected chi connectivity index (χ2v) is 4.98. The fourth-order valence-electron chi connectivity index (χ4n) is 2.32. The molecule has 2 aromatic carbocycles. The zero-order chi connectivity index (χ0) is 14.8. The van der Waals surface area contributed by atoms with Crippen molar-refractivity contribution < 1.29 is 8.78 Å². The molecule has 1 N–H and O–H groups in total. The summed E-state index contributed by atoms with van der Waals surface area (Å²) in [5, 5.41) is 4.26. The number of benzene rings is 2. The molecule has 2 nitrogen and oxygen atoms in total. The van der Waals surface area contributed by atoms with Crippen LogP contribution in [-0.4, -0.2) is 4.98 Å². The fourth-order valence-corrected chi connectivity index (χ4v) is 2.32. The number of aromatic nitrogens is 1. The summed E-state index contributed by atoms with van der Waals surface area (Å²) in [5.41, 5.74) is 2.36. The Kier molecular flexibility index (Phi) is 3.52. The number of fused-ring (bicyclic) bond motifs is 1. The van der Waals surface area contributed by atoms with Crippen molar-refractivity contribution in [3.05, 3.63) is 71.9 Å². The van der Waals surface area contributed by atoms with Crippen LogP contribution in [0.4, 0.5) is 14.5 Å². The van der Waals surface area contributed by atoms with Gasteiger partial charge in [-0.1, -0.05) is 6.07 Å². The van der Waals surface area contributed by atoms with Crippen LogP contribution in [0.25, 0.3) is 10.9 Å². The molecule has 1 unspecified atom stereocenters. The van der Waals surface area contributed by atoms with Gasteiger partial charge in [-0.2, -0.15) is 0 Å². The molecule has 0 aliphatic heterocycles. The average molecular weight is 284 g/mol. The summed E-state index contributed by atoms with van der Waals surface area (Å²) < 4.78 is 26.5. The highest BCUT2D eigenvalue weighted by atomic mass is 19.1. The first kappa shape index (κ1) is 13.5. The third kappa shape index (κ3) is 2.99. The minimum Gasteiger partial charge on any atom is -0.378 e. The van der Waals surface area contributed by atoms with E-state index in [1.165, 1.54) is 12.1 Å². The monoisotopic (exact) mass is 284 g/mol. The highest BCUT2D eigenvalue weighted by molar-refractivity contribution is 5.82. The Morgan fingerprint density at radius 1 is 1.00 bits per heavy atom. The largest absolute Gasteiger partial charge is 0.378 e. The molecule has 4 heteroatoms. The van der Waals surface area contributed by atoms with Gasteiger partial charge in [0.15, 0.2) is 0 Å². The lowest BCUT2D eigenvalue weighted by atomic mass is 10.1. The number of pyridine rings is 1. The molecule has 0 spiro atoms. The van der Waals surface area contributed by atoms with Crippen LogP contribution < -0.4 is 5.32 Å². The molecule has 21 heavy (non-hydrogen) atoms. The third-order valence-corrected chi connectivity index (χ3v) is 3.37. The van der Waals surface area contributed by atoms with Crippen LogP contribution in [0.5, 0.6) is 0 Å². The van der Waals surface area contributed by atoms with Gasteiger partial charge in [-0.25, -0.2) is 8.78 Å². The van der Waals surface area contributed by atoms with Gasteiger partial charge in [-0.05, 0) is 48.9 Å². The predicted molar refractivity (Wildman–Crippen MR) is 80.1 cm³/mol. The maximum absolute atomic E-state index is 13.3. The molecule has 0 saturated heterocycles. The Hall–Kier alpha value is -2.49. The lowest BCUT2D eigenvalue weighted by Crippen LogP contribution is -2.07. The topological polar surface area (TPSA) is 24.9 Å². The van der Waals surface area contributed by atoms with E-state index in [0.717, 1.165) is 22.7 Å². The number of nitrogens with one attached hydrogen (secondary N) is 1. The second kappa shape index (κ2) is 5.48. The molecular formula is C17H14F2N2. The maximum atomic E-state index is 13.3. The minimum absolute atomic E-state index is 0.204. The molecule has 1 atom stereocenters. The molecule has 0 bridgehead atoms. The number of anilines is 1. The SMILES string of the molecule is CC(Nc1ccc2ncccc2c1)c1cc(F)cc(F)c1. The maximum Gasteiger partial charge on any atom is 0.126 e. The Balaban J connectivity index is 1.86. The van der Waals surface area contributed by atoms with Crippen LogP contribution >= 0.6 is 0 Å². The molecule has 106 valence electrons. The fraction of sp³-hybridized carbons (Fsp3) is 0.118. The van der Waals surface area contributed by atoms with Gasteiger partial charge in [-0.15, -0.1) is 0 Å². The average Bonchev–Trinajstić information content (AvgIpc) is 2.46. The van der Waals surface area contributed by atoms with Crippen molar-refractivity contribution in [1.82, 2.24) is 4.98 Å². The van der Waals surface area contributed by atoms with Crippen molar-refractivity contribution in [2.75, 3.05) is 5.32 Å². The van der Waals surface area contributed by atoms with Gasteiger partial charge in [0.2, 0.25) is 0 Å². The van der Waals surface area contributed by atoms with E-state index in [1.807, 2.05) is 37.3 Å². The third-order valence-electron chi connectivity index (χ3n) is 3.37. The smallest absolute Gasteiger partial charge is 0.126 e. The zero-order valence-corrected chi connectivity index (χ0v) is 11.5.